The Kier molecular flexibility index (Phi) is 6.12. The number of amides is 2. The maximum atomic E-state index is 13.2. The van der Waals surface area contributed by atoms with Crippen LogP contribution < -0.4 is 4.74 Å². The molecule has 10 heteroatoms. The number of aromatic amines is 1. The van der Waals surface area contributed by atoms with E-state index in [9.17, 15) is 14.7 Å². The van der Waals surface area contributed by atoms with Gasteiger partial charge in [-0.1, -0.05) is 18.2 Å². The van der Waals surface area contributed by atoms with E-state index in [4.69, 9.17) is 4.74 Å². The lowest BCUT2D eigenvalue weighted by atomic mass is 10.0. The SMILES string of the molecule is COc1cnc(-n2ccc(C)n2)c2[nH]cc(C(O)C(=O)N3CCN(C(=O)C4=CC=CCC4)CC3)c12. The monoisotopic (exact) mass is 476 g/mol. The molecule has 0 bridgehead atoms. The second kappa shape index (κ2) is 9.38. The Bertz CT molecular complexity index is 1330. The van der Waals surface area contributed by atoms with E-state index >= 15 is 0 Å². The molecule has 0 radical (unpaired) electrons. The number of hydrogen-bond donors (Lipinski definition) is 2. The zero-order valence-corrected chi connectivity index (χ0v) is 19.8. The number of rotatable bonds is 5. The van der Waals surface area contributed by atoms with Crippen molar-refractivity contribution in [2.75, 3.05) is 33.3 Å². The smallest absolute Gasteiger partial charge is 0.256 e. The van der Waals surface area contributed by atoms with Crippen molar-refractivity contribution in [3.8, 4) is 11.6 Å². The van der Waals surface area contributed by atoms with Crippen molar-refractivity contribution < 1.29 is 19.4 Å². The van der Waals surface area contributed by atoms with Crippen molar-refractivity contribution in [1.82, 2.24) is 29.5 Å². The van der Waals surface area contributed by atoms with Gasteiger partial charge >= 0.3 is 0 Å². The molecule has 5 rings (SSSR count). The quantitative estimate of drug-likeness (QED) is 0.582. The maximum Gasteiger partial charge on any atom is 0.256 e. The van der Waals surface area contributed by atoms with E-state index < -0.39 is 12.0 Å². The Morgan fingerprint density at radius 2 is 1.97 bits per heavy atom. The number of aliphatic hydroxyl groups excluding tert-OH is 1. The van der Waals surface area contributed by atoms with Gasteiger partial charge in [-0.05, 0) is 25.8 Å². The van der Waals surface area contributed by atoms with Crippen molar-refractivity contribution in [2.24, 2.45) is 0 Å². The van der Waals surface area contributed by atoms with Crippen LogP contribution in [-0.2, 0) is 9.59 Å². The second-order valence-corrected chi connectivity index (χ2v) is 8.72. The van der Waals surface area contributed by atoms with Crippen LogP contribution in [0, 0.1) is 6.92 Å². The third-order valence-electron chi connectivity index (χ3n) is 6.54. The van der Waals surface area contributed by atoms with Gasteiger partial charge < -0.3 is 24.6 Å². The van der Waals surface area contributed by atoms with Crippen LogP contribution in [0.5, 0.6) is 5.75 Å². The van der Waals surface area contributed by atoms with Gasteiger partial charge in [-0.25, -0.2) is 9.67 Å². The molecule has 0 aromatic carbocycles. The summed E-state index contributed by atoms with van der Waals surface area (Å²) < 4.78 is 7.13. The molecule has 1 saturated heterocycles. The number of H-pyrrole nitrogens is 1. The molecule has 0 spiro atoms. The van der Waals surface area contributed by atoms with Gasteiger partial charge in [0.05, 0.1) is 29.9 Å². The predicted octanol–water partition coefficient (Wildman–Crippen LogP) is 2.05. The third-order valence-corrected chi connectivity index (χ3v) is 6.54. The molecule has 1 aliphatic heterocycles. The number of aryl methyl sites for hydroxylation is 1. The number of aliphatic hydroxyl groups is 1. The molecule has 1 aliphatic carbocycles. The van der Waals surface area contributed by atoms with Gasteiger partial charge in [-0.3, -0.25) is 9.59 Å². The number of nitrogens with one attached hydrogen (secondary N) is 1. The minimum atomic E-state index is -1.39. The fraction of sp³-hybridized carbons (Fsp3) is 0.360. The van der Waals surface area contributed by atoms with Gasteiger partial charge in [0.25, 0.3) is 5.91 Å². The number of fused-ring (bicyclic) bond motifs is 1. The summed E-state index contributed by atoms with van der Waals surface area (Å²) in [4.78, 5) is 37.0. The van der Waals surface area contributed by atoms with E-state index in [1.807, 2.05) is 31.2 Å². The van der Waals surface area contributed by atoms with Crippen molar-refractivity contribution in [3.63, 3.8) is 0 Å². The molecule has 2 N–H and O–H groups in total. The Hall–Kier alpha value is -3.92. The first kappa shape index (κ1) is 22.9. The van der Waals surface area contributed by atoms with E-state index in [-0.39, 0.29) is 5.91 Å². The number of ether oxygens (including phenoxy) is 1. The Morgan fingerprint density at radius 1 is 1.20 bits per heavy atom. The summed E-state index contributed by atoms with van der Waals surface area (Å²) in [6.07, 6.45) is 11.0. The third kappa shape index (κ3) is 4.21. The summed E-state index contributed by atoms with van der Waals surface area (Å²) in [5.41, 5.74) is 2.66. The van der Waals surface area contributed by atoms with Gasteiger partial charge in [0.15, 0.2) is 11.9 Å². The number of allylic oxidation sites excluding steroid dienone is 3. The number of carbonyl (C=O) groups is 2. The molecule has 10 nitrogen and oxygen atoms in total. The standard InChI is InChI=1S/C25H28N6O4/c1-16-8-9-31(28-16)23-21-20(19(35-2)15-27-23)18(14-26-21)22(32)25(34)30-12-10-29(11-13-30)24(33)17-6-4-3-5-7-17/h3-4,6,8-9,14-15,22,26,32H,5,7,10-13H2,1-2H3. The van der Waals surface area contributed by atoms with Crippen LogP contribution in [0.1, 0.15) is 30.2 Å². The largest absolute Gasteiger partial charge is 0.494 e. The molecule has 2 aliphatic rings. The van der Waals surface area contributed by atoms with E-state index in [2.05, 4.69) is 15.1 Å². The van der Waals surface area contributed by atoms with E-state index in [1.54, 1.807) is 33.1 Å². The van der Waals surface area contributed by atoms with Gasteiger partial charge in [0.2, 0.25) is 5.91 Å². The first-order valence-electron chi connectivity index (χ1n) is 11.7. The Balaban J connectivity index is 1.35. The molecule has 3 aromatic heterocycles. The highest BCUT2D eigenvalue weighted by Crippen LogP contribution is 2.35. The molecule has 1 atom stereocenters. The molecular weight excluding hydrogens is 448 g/mol. The van der Waals surface area contributed by atoms with E-state index in [0.29, 0.717) is 54.2 Å². The highest BCUT2D eigenvalue weighted by molar-refractivity contribution is 5.97. The molecule has 4 heterocycles. The van der Waals surface area contributed by atoms with Crippen molar-refractivity contribution >= 4 is 22.7 Å². The minimum Gasteiger partial charge on any atom is -0.494 e. The summed E-state index contributed by atoms with van der Waals surface area (Å²) >= 11 is 0. The predicted molar refractivity (Wildman–Crippen MR) is 129 cm³/mol. The fourth-order valence-corrected chi connectivity index (χ4v) is 4.63. The lowest BCUT2D eigenvalue weighted by Crippen LogP contribution is -2.52. The van der Waals surface area contributed by atoms with Crippen LogP contribution in [0.4, 0.5) is 0 Å². The number of pyridine rings is 1. The number of hydrogen-bond acceptors (Lipinski definition) is 6. The molecular formula is C25H28N6O4. The number of carbonyl (C=O) groups excluding carboxylic acids is 2. The Labute approximate surface area is 202 Å². The highest BCUT2D eigenvalue weighted by Gasteiger charge is 2.32. The van der Waals surface area contributed by atoms with Gasteiger partial charge in [-0.2, -0.15) is 5.10 Å². The number of piperazine rings is 1. The molecule has 35 heavy (non-hydrogen) atoms. The lowest BCUT2D eigenvalue weighted by molar-refractivity contribution is -0.144. The topological polar surface area (TPSA) is 117 Å². The summed E-state index contributed by atoms with van der Waals surface area (Å²) in [6.45, 7) is 3.48. The second-order valence-electron chi connectivity index (χ2n) is 8.72. The average molecular weight is 477 g/mol. The fourth-order valence-electron chi connectivity index (χ4n) is 4.63. The molecule has 0 saturated carbocycles. The molecule has 1 fully saturated rings. The summed E-state index contributed by atoms with van der Waals surface area (Å²) in [5, 5.41) is 16.1. The number of aromatic nitrogens is 4. The molecule has 1 unspecified atom stereocenters. The molecule has 3 aromatic rings. The normalized spacial score (nSPS) is 16.9. The minimum absolute atomic E-state index is 0.0252. The number of nitrogens with zero attached hydrogens (tertiary/aromatic N) is 5. The van der Waals surface area contributed by atoms with Crippen LogP contribution in [0.2, 0.25) is 0 Å². The first-order valence-corrected chi connectivity index (χ1v) is 11.7. The van der Waals surface area contributed by atoms with Crippen LogP contribution in [0.25, 0.3) is 16.7 Å². The zero-order valence-electron chi connectivity index (χ0n) is 19.8. The average Bonchev–Trinajstić information content (AvgIpc) is 3.54. The van der Waals surface area contributed by atoms with Gasteiger partial charge in [0.1, 0.15) is 5.75 Å². The van der Waals surface area contributed by atoms with Gasteiger partial charge in [-0.15, -0.1) is 0 Å². The van der Waals surface area contributed by atoms with Crippen LogP contribution in [0.15, 0.2) is 48.5 Å². The van der Waals surface area contributed by atoms with Crippen molar-refractivity contribution in [2.45, 2.75) is 25.9 Å². The van der Waals surface area contributed by atoms with Gasteiger partial charge in [0, 0.05) is 49.7 Å². The summed E-state index contributed by atoms with van der Waals surface area (Å²) in [6, 6.07) is 1.87. The van der Waals surface area contributed by atoms with Crippen molar-refractivity contribution in [3.05, 3.63) is 59.7 Å². The van der Waals surface area contributed by atoms with Crippen LogP contribution in [0.3, 0.4) is 0 Å². The zero-order chi connectivity index (χ0) is 24.5. The Morgan fingerprint density at radius 3 is 2.63 bits per heavy atom. The van der Waals surface area contributed by atoms with Crippen molar-refractivity contribution in [1.29, 1.82) is 0 Å². The molecule has 2 amide bonds. The van der Waals surface area contributed by atoms with Crippen LogP contribution in [-0.4, -0.2) is 79.8 Å². The van der Waals surface area contributed by atoms with E-state index in [0.717, 1.165) is 24.1 Å². The van der Waals surface area contributed by atoms with Crippen LogP contribution >= 0.6 is 0 Å². The summed E-state index contributed by atoms with van der Waals surface area (Å²) in [7, 11) is 1.52. The molecule has 182 valence electrons. The van der Waals surface area contributed by atoms with E-state index in [1.165, 1.54) is 7.11 Å². The summed E-state index contributed by atoms with van der Waals surface area (Å²) in [5.74, 6) is 0.602. The number of methoxy groups -OCH3 is 1. The lowest BCUT2D eigenvalue weighted by Gasteiger charge is -2.36. The first-order chi connectivity index (χ1) is 17.0. The maximum absolute atomic E-state index is 13.2. The highest BCUT2D eigenvalue weighted by atomic mass is 16.5.